The van der Waals surface area contributed by atoms with E-state index < -0.39 is 0 Å². The molecule has 1 aromatic heterocycles. The molecule has 3 nitrogen and oxygen atoms in total. The Balaban J connectivity index is 1.97. The maximum atomic E-state index is 5.80. The van der Waals surface area contributed by atoms with Gasteiger partial charge in [0, 0.05) is 29.6 Å². The lowest BCUT2D eigenvalue weighted by Crippen LogP contribution is -2.19. The lowest BCUT2D eigenvalue weighted by molar-refractivity contribution is 0.354. The summed E-state index contributed by atoms with van der Waals surface area (Å²) >= 11 is 1.85. The fourth-order valence-corrected chi connectivity index (χ4v) is 3.43. The minimum atomic E-state index is 0.240. The minimum absolute atomic E-state index is 0.240. The van der Waals surface area contributed by atoms with E-state index in [4.69, 9.17) is 5.73 Å². The first-order chi connectivity index (χ1) is 7.69. The second-order valence-electron chi connectivity index (χ2n) is 4.73. The van der Waals surface area contributed by atoms with Crippen LogP contribution in [0.1, 0.15) is 36.1 Å². The second-order valence-corrected chi connectivity index (χ2v) is 5.87. The normalized spacial score (nSPS) is 23.8. The molecule has 0 radical (unpaired) electrons. The standard InChI is InChI=1S/C12H21N3S/c1-3-15-5-4-10(8-15)12-14-7-11(16-12)6-9(2)13/h7,9-10H,3-6,8,13H2,1-2H3. The van der Waals surface area contributed by atoms with Crippen LogP contribution in [0.3, 0.4) is 0 Å². The molecule has 4 heteroatoms. The van der Waals surface area contributed by atoms with Gasteiger partial charge < -0.3 is 10.6 Å². The quantitative estimate of drug-likeness (QED) is 0.872. The summed E-state index contributed by atoms with van der Waals surface area (Å²) in [6.45, 7) is 7.85. The molecule has 0 aliphatic carbocycles. The van der Waals surface area contributed by atoms with E-state index in [1.165, 1.54) is 29.4 Å². The number of thiazole rings is 1. The predicted molar refractivity (Wildman–Crippen MR) is 68.9 cm³/mol. The van der Waals surface area contributed by atoms with Crippen LogP contribution < -0.4 is 5.73 Å². The molecule has 1 aliphatic heterocycles. The molecular formula is C12H21N3S. The van der Waals surface area contributed by atoms with Crippen molar-refractivity contribution in [3.63, 3.8) is 0 Å². The van der Waals surface area contributed by atoms with E-state index in [0.29, 0.717) is 5.92 Å². The first-order valence-corrected chi connectivity index (χ1v) is 6.93. The molecule has 0 aromatic carbocycles. The third-order valence-corrected chi connectivity index (χ3v) is 4.35. The summed E-state index contributed by atoms with van der Waals surface area (Å²) < 4.78 is 0. The zero-order valence-corrected chi connectivity index (χ0v) is 11.0. The molecule has 16 heavy (non-hydrogen) atoms. The van der Waals surface area contributed by atoms with Crippen LogP contribution in [0.15, 0.2) is 6.20 Å². The summed E-state index contributed by atoms with van der Waals surface area (Å²) in [5.74, 6) is 0.659. The van der Waals surface area contributed by atoms with Crippen LogP contribution in [0.5, 0.6) is 0 Å². The second kappa shape index (κ2) is 5.25. The highest BCUT2D eigenvalue weighted by Crippen LogP contribution is 2.30. The van der Waals surface area contributed by atoms with E-state index in [9.17, 15) is 0 Å². The maximum absolute atomic E-state index is 5.80. The van der Waals surface area contributed by atoms with Crippen LogP contribution in [0.25, 0.3) is 0 Å². The Kier molecular flexibility index (Phi) is 3.95. The van der Waals surface area contributed by atoms with Crippen LogP contribution in [-0.4, -0.2) is 35.6 Å². The highest BCUT2D eigenvalue weighted by atomic mass is 32.1. The summed E-state index contributed by atoms with van der Waals surface area (Å²) in [4.78, 5) is 8.39. The number of aromatic nitrogens is 1. The van der Waals surface area contributed by atoms with Crippen molar-refractivity contribution >= 4 is 11.3 Å². The monoisotopic (exact) mass is 239 g/mol. The number of hydrogen-bond donors (Lipinski definition) is 1. The molecule has 0 amide bonds. The molecule has 0 bridgehead atoms. The van der Waals surface area contributed by atoms with Gasteiger partial charge in [-0.15, -0.1) is 11.3 Å². The fraction of sp³-hybridized carbons (Fsp3) is 0.750. The molecule has 2 atom stereocenters. The molecule has 90 valence electrons. The van der Waals surface area contributed by atoms with E-state index in [1.54, 1.807) is 0 Å². The molecule has 1 aromatic rings. The van der Waals surface area contributed by atoms with Crippen molar-refractivity contribution in [1.82, 2.24) is 9.88 Å². The van der Waals surface area contributed by atoms with Crippen molar-refractivity contribution < 1.29 is 0 Å². The van der Waals surface area contributed by atoms with Crippen molar-refractivity contribution in [2.45, 2.75) is 38.6 Å². The van der Waals surface area contributed by atoms with Gasteiger partial charge in [-0.1, -0.05) is 6.92 Å². The van der Waals surface area contributed by atoms with Crippen LogP contribution in [0.4, 0.5) is 0 Å². The third-order valence-electron chi connectivity index (χ3n) is 3.16. The summed E-state index contributed by atoms with van der Waals surface area (Å²) in [5, 5.41) is 1.31. The van der Waals surface area contributed by atoms with E-state index in [2.05, 4.69) is 16.8 Å². The average Bonchev–Trinajstić information content (AvgIpc) is 2.83. The van der Waals surface area contributed by atoms with Gasteiger partial charge in [-0.3, -0.25) is 0 Å². The van der Waals surface area contributed by atoms with Gasteiger partial charge in [0.2, 0.25) is 0 Å². The summed E-state index contributed by atoms with van der Waals surface area (Å²) in [6, 6.07) is 0.240. The van der Waals surface area contributed by atoms with Crippen LogP contribution in [-0.2, 0) is 6.42 Å². The molecule has 2 unspecified atom stereocenters. The minimum Gasteiger partial charge on any atom is -0.328 e. The van der Waals surface area contributed by atoms with Crippen LogP contribution in [0.2, 0.25) is 0 Å². The van der Waals surface area contributed by atoms with E-state index in [-0.39, 0.29) is 6.04 Å². The van der Waals surface area contributed by atoms with Crippen molar-refractivity contribution in [2.75, 3.05) is 19.6 Å². The summed E-state index contributed by atoms with van der Waals surface area (Å²) in [7, 11) is 0. The lowest BCUT2D eigenvalue weighted by Gasteiger charge is -2.11. The average molecular weight is 239 g/mol. The topological polar surface area (TPSA) is 42.2 Å². The van der Waals surface area contributed by atoms with Gasteiger partial charge in [0.05, 0.1) is 5.01 Å². The highest BCUT2D eigenvalue weighted by molar-refractivity contribution is 7.11. The highest BCUT2D eigenvalue weighted by Gasteiger charge is 2.24. The van der Waals surface area contributed by atoms with Gasteiger partial charge >= 0.3 is 0 Å². The molecule has 1 aliphatic rings. The van der Waals surface area contributed by atoms with Crippen LogP contribution in [0, 0.1) is 0 Å². The first-order valence-electron chi connectivity index (χ1n) is 6.11. The number of nitrogens with two attached hydrogens (primary N) is 1. The molecule has 2 N–H and O–H groups in total. The van der Waals surface area contributed by atoms with Gasteiger partial charge in [-0.2, -0.15) is 0 Å². The predicted octanol–water partition coefficient (Wildman–Crippen LogP) is 1.84. The zero-order chi connectivity index (χ0) is 11.5. The van der Waals surface area contributed by atoms with E-state index >= 15 is 0 Å². The van der Waals surface area contributed by atoms with E-state index in [1.807, 2.05) is 24.5 Å². The Morgan fingerprint density at radius 3 is 3.12 bits per heavy atom. The molecule has 0 spiro atoms. The van der Waals surface area contributed by atoms with Crippen LogP contribution >= 0.6 is 11.3 Å². The molecular weight excluding hydrogens is 218 g/mol. The van der Waals surface area contributed by atoms with Gasteiger partial charge in [0.15, 0.2) is 0 Å². The maximum Gasteiger partial charge on any atom is 0.0971 e. The van der Waals surface area contributed by atoms with Crippen molar-refractivity contribution in [3.8, 4) is 0 Å². The number of likely N-dealkylation sites (tertiary alicyclic amines) is 1. The molecule has 2 heterocycles. The number of rotatable bonds is 4. The lowest BCUT2D eigenvalue weighted by atomic mass is 10.1. The number of likely N-dealkylation sites (N-methyl/N-ethyl adjacent to an activating group) is 1. The molecule has 1 saturated heterocycles. The zero-order valence-electron chi connectivity index (χ0n) is 10.1. The Morgan fingerprint density at radius 1 is 1.69 bits per heavy atom. The van der Waals surface area contributed by atoms with Gasteiger partial charge in [0.25, 0.3) is 0 Å². The Bertz CT molecular complexity index is 335. The fourth-order valence-electron chi connectivity index (χ4n) is 2.24. The molecule has 1 fully saturated rings. The molecule has 0 saturated carbocycles. The number of hydrogen-bond acceptors (Lipinski definition) is 4. The third kappa shape index (κ3) is 2.81. The summed E-state index contributed by atoms with van der Waals surface area (Å²) in [5.41, 5.74) is 5.80. The largest absolute Gasteiger partial charge is 0.328 e. The first kappa shape index (κ1) is 12.0. The van der Waals surface area contributed by atoms with E-state index in [0.717, 1.165) is 13.0 Å². The molecule has 2 rings (SSSR count). The summed E-state index contributed by atoms with van der Waals surface area (Å²) in [6.07, 6.45) is 4.23. The number of nitrogens with zero attached hydrogens (tertiary/aromatic N) is 2. The Hall–Kier alpha value is -0.450. The van der Waals surface area contributed by atoms with Crippen molar-refractivity contribution in [2.24, 2.45) is 5.73 Å². The Morgan fingerprint density at radius 2 is 2.50 bits per heavy atom. The Labute approximate surface area is 102 Å². The van der Waals surface area contributed by atoms with Crippen molar-refractivity contribution in [3.05, 3.63) is 16.1 Å². The van der Waals surface area contributed by atoms with Gasteiger partial charge in [-0.25, -0.2) is 4.98 Å². The van der Waals surface area contributed by atoms with Gasteiger partial charge in [-0.05, 0) is 32.9 Å². The van der Waals surface area contributed by atoms with Gasteiger partial charge in [0.1, 0.15) is 0 Å². The SMILES string of the molecule is CCN1CCC(c2ncc(CC(C)N)s2)C1. The van der Waals surface area contributed by atoms with Crippen molar-refractivity contribution in [1.29, 1.82) is 0 Å². The smallest absolute Gasteiger partial charge is 0.0971 e.